The Balaban J connectivity index is 1.25. The van der Waals surface area contributed by atoms with E-state index in [-0.39, 0.29) is 29.5 Å². The molecule has 3 aromatic rings. The second kappa shape index (κ2) is 14.7. The van der Waals surface area contributed by atoms with Gasteiger partial charge in [0.05, 0.1) is 17.3 Å². The van der Waals surface area contributed by atoms with Crippen LogP contribution in [0.15, 0.2) is 78.9 Å². The van der Waals surface area contributed by atoms with Gasteiger partial charge in [-0.3, -0.25) is 19.8 Å². The smallest absolute Gasteiger partial charge is 0.412 e. The van der Waals surface area contributed by atoms with Crippen LogP contribution >= 0.6 is 0 Å². The number of nitrogens with zero attached hydrogens (tertiary/aromatic N) is 1. The number of carbonyl (C=O) groups is 3. The summed E-state index contributed by atoms with van der Waals surface area (Å²) in [5.41, 5.74) is 2.64. The molecule has 2 fully saturated rings. The van der Waals surface area contributed by atoms with Gasteiger partial charge in [-0.2, -0.15) is 0 Å². The molecule has 3 amide bonds. The van der Waals surface area contributed by atoms with Gasteiger partial charge in [0, 0.05) is 50.0 Å². The molecule has 5 rings (SSSR count). The van der Waals surface area contributed by atoms with Gasteiger partial charge in [0.1, 0.15) is 11.4 Å². The van der Waals surface area contributed by atoms with E-state index in [9.17, 15) is 18.8 Å². The molecule has 2 atom stereocenters. The first-order valence-corrected chi connectivity index (χ1v) is 15.6. The van der Waals surface area contributed by atoms with E-state index >= 15 is 0 Å². The number of amides is 3. The molecule has 0 saturated carbocycles. The van der Waals surface area contributed by atoms with Crippen LogP contribution in [-0.4, -0.2) is 60.8 Å². The molecule has 2 heterocycles. The lowest BCUT2D eigenvalue weighted by atomic mass is 9.88. The van der Waals surface area contributed by atoms with Crippen molar-refractivity contribution in [2.24, 2.45) is 5.92 Å². The number of rotatable bonds is 8. The lowest BCUT2D eigenvalue weighted by Crippen LogP contribution is -2.38. The number of likely N-dealkylation sites (tertiary alicyclic amines) is 1. The highest BCUT2D eigenvalue weighted by Crippen LogP contribution is 2.36. The van der Waals surface area contributed by atoms with E-state index in [1.807, 2.05) is 24.3 Å². The van der Waals surface area contributed by atoms with Gasteiger partial charge >= 0.3 is 6.09 Å². The fraction of sp³-hybridized carbons (Fsp3) is 0.361. The molecule has 242 valence electrons. The van der Waals surface area contributed by atoms with E-state index in [0.29, 0.717) is 29.6 Å². The van der Waals surface area contributed by atoms with Gasteiger partial charge in [-0.05, 0) is 87.2 Å². The lowest BCUT2D eigenvalue weighted by Gasteiger charge is -2.31. The first-order chi connectivity index (χ1) is 22.0. The molecule has 0 bridgehead atoms. The van der Waals surface area contributed by atoms with E-state index in [4.69, 9.17) is 9.47 Å². The van der Waals surface area contributed by atoms with Crippen LogP contribution in [0.2, 0.25) is 0 Å². The van der Waals surface area contributed by atoms with Gasteiger partial charge in [-0.1, -0.05) is 36.4 Å². The molecule has 0 aliphatic carbocycles. The minimum absolute atomic E-state index is 0.0291. The Morgan fingerprint density at radius 1 is 0.870 bits per heavy atom. The van der Waals surface area contributed by atoms with Crippen molar-refractivity contribution in [2.75, 3.05) is 42.3 Å². The number of carbonyl (C=O) groups excluding carboxylic acids is 3. The zero-order chi connectivity index (χ0) is 32.7. The zero-order valence-corrected chi connectivity index (χ0v) is 26.4. The zero-order valence-electron chi connectivity index (χ0n) is 26.4. The molecule has 3 N–H and O–H groups in total. The molecular formula is C36H41FN4O5. The van der Waals surface area contributed by atoms with Gasteiger partial charge in [0.2, 0.25) is 11.8 Å². The van der Waals surface area contributed by atoms with E-state index in [1.54, 1.807) is 63.2 Å². The molecular weight excluding hydrogens is 587 g/mol. The predicted octanol–water partition coefficient (Wildman–Crippen LogP) is 6.66. The highest BCUT2D eigenvalue weighted by Gasteiger charge is 2.41. The Morgan fingerprint density at radius 3 is 2.17 bits per heavy atom. The number of benzene rings is 3. The monoisotopic (exact) mass is 628 g/mol. The topological polar surface area (TPSA) is 109 Å². The molecule has 2 aliphatic rings. The molecule has 3 aromatic carbocycles. The predicted molar refractivity (Wildman–Crippen MR) is 177 cm³/mol. The Morgan fingerprint density at radius 2 is 1.52 bits per heavy atom. The van der Waals surface area contributed by atoms with Gasteiger partial charge in [0.15, 0.2) is 0 Å². The normalized spacial score (nSPS) is 19.1. The molecule has 2 aliphatic heterocycles. The van der Waals surface area contributed by atoms with Crippen LogP contribution in [0.3, 0.4) is 0 Å². The van der Waals surface area contributed by atoms with Crippen molar-refractivity contribution >= 4 is 41.0 Å². The van der Waals surface area contributed by atoms with Crippen molar-refractivity contribution in [1.82, 2.24) is 4.90 Å². The average molecular weight is 629 g/mol. The van der Waals surface area contributed by atoms with Crippen molar-refractivity contribution in [2.45, 2.75) is 51.2 Å². The summed E-state index contributed by atoms with van der Waals surface area (Å²) < 4.78 is 24.3. The van der Waals surface area contributed by atoms with Crippen LogP contribution < -0.4 is 16.0 Å². The number of nitrogens with one attached hydrogen (secondary N) is 3. The molecule has 0 spiro atoms. The Kier molecular flexibility index (Phi) is 10.5. The number of hydrogen-bond acceptors (Lipinski definition) is 6. The summed E-state index contributed by atoms with van der Waals surface area (Å²) in [5, 5.41) is 8.46. The summed E-state index contributed by atoms with van der Waals surface area (Å²) in [6.45, 7) is 8.15. The third kappa shape index (κ3) is 9.02. The molecule has 0 aromatic heterocycles. The van der Waals surface area contributed by atoms with Crippen LogP contribution in [0.5, 0.6) is 0 Å². The fourth-order valence-electron chi connectivity index (χ4n) is 5.87. The van der Waals surface area contributed by atoms with Crippen LogP contribution in [0.1, 0.15) is 50.7 Å². The van der Waals surface area contributed by atoms with Gasteiger partial charge in [0.25, 0.3) is 0 Å². The van der Waals surface area contributed by atoms with Crippen LogP contribution in [0.25, 0.3) is 6.08 Å². The summed E-state index contributed by atoms with van der Waals surface area (Å²) in [6, 6.07) is 21.0. The maximum atomic E-state index is 13.5. The summed E-state index contributed by atoms with van der Waals surface area (Å²) >= 11 is 0. The first-order valence-electron chi connectivity index (χ1n) is 15.6. The number of halogens is 1. The van der Waals surface area contributed by atoms with Gasteiger partial charge < -0.3 is 20.1 Å². The van der Waals surface area contributed by atoms with Crippen LogP contribution in [-0.2, 0) is 19.1 Å². The largest absolute Gasteiger partial charge is 0.444 e. The first kappa shape index (κ1) is 32.8. The second-order valence-corrected chi connectivity index (χ2v) is 12.7. The lowest BCUT2D eigenvalue weighted by molar-refractivity contribution is -0.120. The SMILES string of the molecule is CC(C)(C)OC(=O)Nc1ccccc1NC(=O)/C=C/c1ccc(C2CN(C3CCOCC3)CC2C(=O)Nc2ccc(F)cc2)cc1. The second-order valence-electron chi connectivity index (χ2n) is 12.7. The molecule has 2 unspecified atom stereocenters. The number of anilines is 3. The standard InChI is InChI=1S/C36H41FN4O5/c1-36(2,3)46-35(44)40-32-7-5-4-6-31(32)39-33(42)17-10-24-8-11-25(12-9-24)29-22-41(28-18-20-45-21-19-28)23-30(29)34(43)38-27-15-13-26(37)14-16-27/h4-17,28-30H,18-23H2,1-3H3,(H,38,43)(H,39,42)(H,40,44)/b17-10+. The summed E-state index contributed by atoms with van der Waals surface area (Å²) in [5.74, 6) is -1.11. The van der Waals surface area contributed by atoms with Crippen LogP contribution in [0, 0.1) is 11.7 Å². The summed E-state index contributed by atoms with van der Waals surface area (Å²) in [4.78, 5) is 40.9. The molecule has 0 radical (unpaired) electrons. The molecule has 10 heteroatoms. The fourth-order valence-corrected chi connectivity index (χ4v) is 5.87. The maximum Gasteiger partial charge on any atom is 0.412 e. The van der Waals surface area contributed by atoms with Crippen molar-refractivity contribution < 1.29 is 28.2 Å². The van der Waals surface area contributed by atoms with Crippen LogP contribution in [0.4, 0.5) is 26.2 Å². The van der Waals surface area contributed by atoms with E-state index in [1.165, 1.54) is 18.2 Å². The van der Waals surface area contributed by atoms with E-state index in [2.05, 4.69) is 20.9 Å². The highest BCUT2D eigenvalue weighted by molar-refractivity contribution is 6.05. The molecule has 9 nitrogen and oxygen atoms in total. The van der Waals surface area contributed by atoms with Crippen molar-refractivity contribution in [3.05, 3.63) is 95.8 Å². The number of para-hydroxylation sites is 2. The maximum absolute atomic E-state index is 13.5. The summed E-state index contributed by atoms with van der Waals surface area (Å²) in [7, 11) is 0. The summed E-state index contributed by atoms with van der Waals surface area (Å²) in [6.07, 6.45) is 4.41. The Labute approximate surface area is 269 Å². The average Bonchev–Trinajstić information content (AvgIpc) is 3.48. The van der Waals surface area contributed by atoms with Gasteiger partial charge in [-0.15, -0.1) is 0 Å². The van der Waals surface area contributed by atoms with Crippen molar-refractivity contribution in [3.8, 4) is 0 Å². The highest BCUT2D eigenvalue weighted by atomic mass is 19.1. The number of hydrogen-bond donors (Lipinski definition) is 3. The van der Waals surface area contributed by atoms with Crippen molar-refractivity contribution in [1.29, 1.82) is 0 Å². The molecule has 2 saturated heterocycles. The Hall–Kier alpha value is -4.54. The van der Waals surface area contributed by atoms with E-state index < -0.39 is 11.7 Å². The minimum atomic E-state index is -0.653. The third-order valence-electron chi connectivity index (χ3n) is 8.12. The minimum Gasteiger partial charge on any atom is -0.444 e. The van der Waals surface area contributed by atoms with Gasteiger partial charge in [-0.25, -0.2) is 9.18 Å². The Bertz CT molecular complexity index is 1550. The molecule has 46 heavy (non-hydrogen) atoms. The number of ether oxygens (including phenoxy) is 2. The quantitative estimate of drug-likeness (QED) is 0.241. The third-order valence-corrected chi connectivity index (χ3v) is 8.12. The van der Waals surface area contributed by atoms with E-state index in [0.717, 1.165) is 43.7 Å². The van der Waals surface area contributed by atoms with Crippen molar-refractivity contribution in [3.63, 3.8) is 0 Å².